The highest BCUT2D eigenvalue weighted by atomic mass is 35.5. The number of hydrogen-bond acceptors (Lipinski definition) is 6. The van der Waals surface area contributed by atoms with Gasteiger partial charge in [-0.15, -0.1) is 5.10 Å². The average Bonchev–Trinajstić information content (AvgIpc) is 2.59. The smallest absolute Gasteiger partial charge is 0.249 e. The molecule has 0 aliphatic heterocycles. The van der Waals surface area contributed by atoms with Crippen molar-refractivity contribution >= 4 is 57.9 Å². The number of rotatable bonds is 5. The van der Waals surface area contributed by atoms with Crippen LogP contribution in [-0.4, -0.2) is 22.3 Å². The van der Waals surface area contributed by atoms with E-state index in [-0.39, 0.29) is 0 Å². The number of ether oxygens (including phenoxy) is 1. The Morgan fingerprint density at radius 3 is 2.56 bits per heavy atom. The summed E-state index contributed by atoms with van der Waals surface area (Å²) in [5, 5.41) is 15.5. The van der Waals surface area contributed by atoms with Gasteiger partial charge in [-0.1, -0.05) is 34.8 Å². The second-order valence-corrected chi connectivity index (χ2v) is 6.14. The maximum absolute atomic E-state index is 6.13. The van der Waals surface area contributed by atoms with Gasteiger partial charge in [-0.05, 0) is 36.4 Å². The zero-order valence-electron chi connectivity index (χ0n) is 12.9. The molecule has 0 saturated carbocycles. The van der Waals surface area contributed by atoms with Gasteiger partial charge in [0.1, 0.15) is 5.75 Å². The minimum atomic E-state index is 0.296. The standard InChI is InChI=1S/C16H12Cl3N5O/c1-25-14-5-3-10(7-12(14)19)21-16-23-15(8-20-24-16)22-13-6-9(17)2-4-11(13)18/h2-8H,1H3,(H2,21,22,23,24). The normalized spacial score (nSPS) is 10.4. The van der Waals surface area contributed by atoms with Crippen LogP contribution in [0.25, 0.3) is 0 Å². The van der Waals surface area contributed by atoms with Gasteiger partial charge in [-0.25, -0.2) is 0 Å². The predicted octanol–water partition coefficient (Wildman–Crippen LogP) is 5.33. The first-order chi connectivity index (χ1) is 12.0. The lowest BCUT2D eigenvalue weighted by molar-refractivity contribution is 0.415. The van der Waals surface area contributed by atoms with Gasteiger partial charge in [0.15, 0.2) is 5.82 Å². The predicted molar refractivity (Wildman–Crippen MR) is 101 cm³/mol. The fourth-order valence-corrected chi connectivity index (χ4v) is 2.62. The quantitative estimate of drug-likeness (QED) is 0.607. The van der Waals surface area contributed by atoms with Crippen molar-refractivity contribution in [2.45, 2.75) is 0 Å². The molecule has 0 saturated heterocycles. The Morgan fingerprint density at radius 2 is 1.80 bits per heavy atom. The maximum atomic E-state index is 6.13. The van der Waals surface area contributed by atoms with E-state index in [9.17, 15) is 0 Å². The van der Waals surface area contributed by atoms with Crippen molar-refractivity contribution in [1.29, 1.82) is 0 Å². The fourth-order valence-electron chi connectivity index (χ4n) is 2.02. The van der Waals surface area contributed by atoms with Gasteiger partial charge < -0.3 is 15.4 Å². The van der Waals surface area contributed by atoms with Crippen LogP contribution in [0.2, 0.25) is 15.1 Å². The average molecular weight is 397 g/mol. The number of methoxy groups -OCH3 is 1. The summed E-state index contributed by atoms with van der Waals surface area (Å²) in [5.74, 6) is 1.34. The minimum Gasteiger partial charge on any atom is -0.495 e. The Balaban J connectivity index is 1.79. The van der Waals surface area contributed by atoms with Crippen LogP contribution in [0.15, 0.2) is 42.6 Å². The second kappa shape index (κ2) is 7.74. The van der Waals surface area contributed by atoms with E-state index < -0.39 is 0 Å². The van der Waals surface area contributed by atoms with Crippen LogP contribution in [0, 0.1) is 0 Å². The fraction of sp³-hybridized carbons (Fsp3) is 0.0625. The summed E-state index contributed by atoms with van der Waals surface area (Å²) in [5.41, 5.74) is 1.32. The molecule has 0 aliphatic rings. The lowest BCUT2D eigenvalue weighted by atomic mass is 10.3. The largest absolute Gasteiger partial charge is 0.495 e. The first-order valence-corrected chi connectivity index (χ1v) is 8.21. The van der Waals surface area contributed by atoms with Crippen molar-refractivity contribution < 1.29 is 4.74 Å². The van der Waals surface area contributed by atoms with Crippen LogP contribution in [0.1, 0.15) is 0 Å². The number of aromatic nitrogens is 3. The zero-order valence-corrected chi connectivity index (χ0v) is 15.2. The lowest BCUT2D eigenvalue weighted by Gasteiger charge is -2.10. The molecule has 25 heavy (non-hydrogen) atoms. The molecule has 9 heteroatoms. The molecule has 2 aromatic carbocycles. The van der Waals surface area contributed by atoms with Gasteiger partial charge in [0.2, 0.25) is 5.95 Å². The number of nitrogens with one attached hydrogen (secondary N) is 2. The summed E-state index contributed by atoms with van der Waals surface area (Å²) >= 11 is 18.2. The van der Waals surface area contributed by atoms with Crippen molar-refractivity contribution in [1.82, 2.24) is 15.2 Å². The van der Waals surface area contributed by atoms with E-state index in [1.165, 1.54) is 6.20 Å². The Morgan fingerprint density at radius 1 is 0.960 bits per heavy atom. The third kappa shape index (κ3) is 4.42. The number of anilines is 4. The molecular formula is C16H12Cl3N5O. The van der Waals surface area contributed by atoms with E-state index in [2.05, 4.69) is 25.8 Å². The zero-order chi connectivity index (χ0) is 17.8. The molecule has 0 aliphatic carbocycles. The van der Waals surface area contributed by atoms with E-state index in [1.807, 2.05) is 0 Å². The molecule has 0 unspecified atom stereocenters. The molecule has 0 bridgehead atoms. The summed E-state index contributed by atoms with van der Waals surface area (Å²) in [4.78, 5) is 4.33. The molecular weight excluding hydrogens is 385 g/mol. The highest BCUT2D eigenvalue weighted by Crippen LogP contribution is 2.29. The first-order valence-electron chi connectivity index (χ1n) is 7.07. The van der Waals surface area contributed by atoms with E-state index in [0.29, 0.717) is 44.0 Å². The summed E-state index contributed by atoms with van der Waals surface area (Å²) in [6.07, 6.45) is 1.48. The highest BCUT2D eigenvalue weighted by molar-refractivity contribution is 6.35. The Hall–Kier alpha value is -2.28. The number of nitrogens with zero attached hydrogens (tertiary/aromatic N) is 3. The number of hydrogen-bond donors (Lipinski definition) is 2. The van der Waals surface area contributed by atoms with E-state index >= 15 is 0 Å². The first kappa shape index (κ1) is 17.5. The Kier molecular flexibility index (Phi) is 5.43. The minimum absolute atomic E-state index is 0.296. The van der Waals surface area contributed by atoms with Crippen molar-refractivity contribution in [2.24, 2.45) is 0 Å². The van der Waals surface area contributed by atoms with E-state index in [0.717, 1.165) is 0 Å². The third-order valence-electron chi connectivity index (χ3n) is 3.16. The van der Waals surface area contributed by atoms with Crippen molar-refractivity contribution in [3.05, 3.63) is 57.7 Å². The SMILES string of the molecule is COc1ccc(Nc2nncc(Nc3cc(Cl)ccc3Cl)n2)cc1Cl. The Labute approximate surface area is 159 Å². The van der Waals surface area contributed by atoms with Gasteiger partial charge in [0.25, 0.3) is 0 Å². The lowest BCUT2D eigenvalue weighted by Crippen LogP contribution is -2.02. The van der Waals surface area contributed by atoms with E-state index in [4.69, 9.17) is 39.5 Å². The summed E-state index contributed by atoms with van der Waals surface area (Å²) in [7, 11) is 1.55. The van der Waals surface area contributed by atoms with E-state index in [1.54, 1.807) is 43.5 Å². The van der Waals surface area contributed by atoms with Crippen LogP contribution in [0.5, 0.6) is 5.75 Å². The van der Waals surface area contributed by atoms with Crippen molar-refractivity contribution in [3.63, 3.8) is 0 Å². The van der Waals surface area contributed by atoms with Gasteiger partial charge >= 0.3 is 0 Å². The van der Waals surface area contributed by atoms with Crippen molar-refractivity contribution in [3.8, 4) is 5.75 Å². The molecule has 3 rings (SSSR count). The molecule has 6 nitrogen and oxygen atoms in total. The van der Waals surface area contributed by atoms with Gasteiger partial charge in [0.05, 0.1) is 29.0 Å². The molecule has 0 spiro atoms. The second-order valence-electron chi connectivity index (χ2n) is 4.89. The third-order valence-corrected chi connectivity index (χ3v) is 4.02. The molecule has 1 heterocycles. The maximum Gasteiger partial charge on any atom is 0.249 e. The van der Waals surface area contributed by atoms with Crippen LogP contribution < -0.4 is 15.4 Å². The highest BCUT2D eigenvalue weighted by Gasteiger charge is 2.07. The summed E-state index contributed by atoms with van der Waals surface area (Å²) < 4.78 is 5.12. The van der Waals surface area contributed by atoms with Crippen LogP contribution in [0.3, 0.4) is 0 Å². The van der Waals surface area contributed by atoms with Gasteiger partial charge in [-0.3, -0.25) is 0 Å². The van der Waals surface area contributed by atoms with Crippen LogP contribution in [0.4, 0.5) is 23.1 Å². The topological polar surface area (TPSA) is 72.0 Å². The van der Waals surface area contributed by atoms with Crippen LogP contribution in [-0.2, 0) is 0 Å². The number of benzene rings is 2. The molecule has 3 aromatic rings. The number of halogens is 3. The van der Waals surface area contributed by atoms with Crippen LogP contribution >= 0.6 is 34.8 Å². The molecule has 0 radical (unpaired) electrons. The summed E-state index contributed by atoms with van der Waals surface area (Å²) in [6.45, 7) is 0. The van der Waals surface area contributed by atoms with Crippen molar-refractivity contribution in [2.75, 3.05) is 17.7 Å². The summed E-state index contributed by atoms with van der Waals surface area (Å²) in [6, 6.07) is 10.3. The molecule has 0 atom stereocenters. The monoisotopic (exact) mass is 395 g/mol. The molecule has 1 aromatic heterocycles. The molecule has 0 fully saturated rings. The van der Waals surface area contributed by atoms with Gasteiger partial charge in [0, 0.05) is 10.7 Å². The molecule has 128 valence electrons. The molecule has 2 N–H and O–H groups in total. The van der Waals surface area contributed by atoms with Gasteiger partial charge in [-0.2, -0.15) is 10.1 Å². The Bertz CT molecular complexity index is 907. The molecule has 0 amide bonds.